The highest BCUT2D eigenvalue weighted by atomic mass is 16.2. The van der Waals surface area contributed by atoms with Crippen molar-refractivity contribution in [3.8, 4) is 0 Å². The van der Waals surface area contributed by atoms with Crippen LogP contribution in [0, 0.1) is 0 Å². The summed E-state index contributed by atoms with van der Waals surface area (Å²) in [5.74, 6) is -0.651. The summed E-state index contributed by atoms with van der Waals surface area (Å²) in [7, 11) is 3.30. The summed E-state index contributed by atoms with van der Waals surface area (Å²) in [6.45, 7) is 1.79. The summed E-state index contributed by atoms with van der Waals surface area (Å²) < 4.78 is 0. The highest BCUT2D eigenvalue weighted by Gasteiger charge is 2.16. The predicted molar refractivity (Wildman–Crippen MR) is 71.0 cm³/mol. The number of nitrogens with one attached hydrogen (secondary N) is 1. The van der Waals surface area contributed by atoms with Crippen LogP contribution in [0.3, 0.4) is 0 Å². The minimum Gasteiger partial charge on any atom is -0.399 e. The number of likely N-dealkylation sites (N-methyl/N-ethyl adjacent to an activating group) is 1. The van der Waals surface area contributed by atoms with Gasteiger partial charge < -0.3 is 16.0 Å². The highest BCUT2D eigenvalue weighted by Crippen LogP contribution is 2.17. The Labute approximate surface area is 107 Å². The molecule has 98 valence electrons. The number of anilines is 1. The first-order valence-corrected chi connectivity index (χ1v) is 5.75. The van der Waals surface area contributed by atoms with E-state index in [9.17, 15) is 9.59 Å². The van der Waals surface area contributed by atoms with Crippen LogP contribution in [0.5, 0.6) is 0 Å². The van der Waals surface area contributed by atoms with Gasteiger partial charge in [-0.05, 0) is 24.6 Å². The number of carbonyl (C=O) groups is 2. The molecule has 0 bridgehead atoms. The average molecular weight is 249 g/mol. The van der Waals surface area contributed by atoms with E-state index >= 15 is 0 Å². The third kappa shape index (κ3) is 3.76. The standard InChI is InChI=1S/C13H19N3O2/c1-9(10-5-4-6-11(14)7-10)13(18)15-8-12(17)16(2)3/h4-7,9H,8,14H2,1-3H3,(H,15,18). The van der Waals surface area contributed by atoms with E-state index in [0.29, 0.717) is 5.69 Å². The zero-order valence-electron chi connectivity index (χ0n) is 10.9. The quantitative estimate of drug-likeness (QED) is 0.766. The zero-order chi connectivity index (χ0) is 13.7. The number of nitrogens with two attached hydrogens (primary N) is 1. The number of hydrogen-bond donors (Lipinski definition) is 2. The minimum absolute atomic E-state index is 0.0124. The summed E-state index contributed by atoms with van der Waals surface area (Å²) in [5.41, 5.74) is 7.13. The van der Waals surface area contributed by atoms with Gasteiger partial charge in [-0.25, -0.2) is 0 Å². The van der Waals surface area contributed by atoms with E-state index in [1.165, 1.54) is 4.90 Å². The van der Waals surface area contributed by atoms with E-state index in [-0.39, 0.29) is 24.3 Å². The number of amides is 2. The van der Waals surface area contributed by atoms with Crippen molar-refractivity contribution in [1.82, 2.24) is 10.2 Å². The van der Waals surface area contributed by atoms with Gasteiger partial charge in [-0.2, -0.15) is 0 Å². The largest absolute Gasteiger partial charge is 0.399 e. The van der Waals surface area contributed by atoms with E-state index in [0.717, 1.165) is 5.56 Å². The summed E-state index contributed by atoms with van der Waals surface area (Å²) >= 11 is 0. The van der Waals surface area contributed by atoms with Crippen molar-refractivity contribution >= 4 is 17.5 Å². The van der Waals surface area contributed by atoms with Crippen LogP contribution in [0.1, 0.15) is 18.4 Å². The SMILES string of the molecule is CC(C(=O)NCC(=O)N(C)C)c1cccc(N)c1. The lowest BCUT2D eigenvalue weighted by molar-refractivity contribution is -0.131. The Balaban J connectivity index is 2.59. The molecule has 18 heavy (non-hydrogen) atoms. The van der Waals surface area contributed by atoms with Crippen molar-refractivity contribution in [2.45, 2.75) is 12.8 Å². The molecule has 0 aromatic heterocycles. The Morgan fingerprint density at radius 2 is 2.06 bits per heavy atom. The van der Waals surface area contributed by atoms with Crippen molar-refractivity contribution in [3.05, 3.63) is 29.8 Å². The van der Waals surface area contributed by atoms with E-state index in [4.69, 9.17) is 5.73 Å². The zero-order valence-corrected chi connectivity index (χ0v) is 10.9. The fourth-order valence-electron chi connectivity index (χ4n) is 1.45. The molecule has 5 nitrogen and oxygen atoms in total. The maximum atomic E-state index is 11.9. The van der Waals surface area contributed by atoms with Crippen LogP contribution in [0.2, 0.25) is 0 Å². The first kappa shape index (κ1) is 14.0. The fraction of sp³-hybridized carbons (Fsp3) is 0.385. The number of nitrogens with zero attached hydrogens (tertiary/aromatic N) is 1. The highest BCUT2D eigenvalue weighted by molar-refractivity contribution is 5.88. The molecular formula is C13H19N3O2. The molecule has 0 saturated heterocycles. The van der Waals surface area contributed by atoms with Crippen molar-refractivity contribution in [3.63, 3.8) is 0 Å². The van der Waals surface area contributed by atoms with Gasteiger partial charge in [0.1, 0.15) is 0 Å². The predicted octanol–water partition coefficient (Wildman–Crippen LogP) is 0.577. The molecule has 0 radical (unpaired) electrons. The Kier molecular flexibility index (Phi) is 4.71. The number of rotatable bonds is 4. The average Bonchev–Trinajstić information content (AvgIpc) is 2.34. The first-order valence-electron chi connectivity index (χ1n) is 5.75. The topological polar surface area (TPSA) is 75.4 Å². The van der Waals surface area contributed by atoms with Crippen molar-refractivity contribution in [2.75, 3.05) is 26.4 Å². The van der Waals surface area contributed by atoms with Gasteiger partial charge in [-0.3, -0.25) is 9.59 Å². The lowest BCUT2D eigenvalue weighted by Crippen LogP contribution is -2.37. The summed E-state index contributed by atoms with van der Waals surface area (Å²) in [6, 6.07) is 7.18. The van der Waals surface area contributed by atoms with Crippen LogP contribution >= 0.6 is 0 Å². The molecule has 0 heterocycles. The summed E-state index contributed by atoms with van der Waals surface area (Å²) in [6.07, 6.45) is 0. The molecule has 0 aliphatic heterocycles. The molecule has 0 fully saturated rings. The third-order valence-electron chi connectivity index (χ3n) is 2.72. The van der Waals surface area contributed by atoms with Crippen LogP contribution in [0.15, 0.2) is 24.3 Å². The molecule has 3 N–H and O–H groups in total. The van der Waals surface area contributed by atoms with Gasteiger partial charge in [-0.1, -0.05) is 12.1 Å². The second-order valence-electron chi connectivity index (χ2n) is 4.40. The molecule has 2 amide bonds. The van der Waals surface area contributed by atoms with E-state index in [1.807, 2.05) is 6.07 Å². The maximum absolute atomic E-state index is 11.9. The molecule has 0 aliphatic rings. The van der Waals surface area contributed by atoms with E-state index in [1.54, 1.807) is 39.2 Å². The van der Waals surface area contributed by atoms with E-state index < -0.39 is 0 Å². The second-order valence-corrected chi connectivity index (χ2v) is 4.40. The van der Waals surface area contributed by atoms with Gasteiger partial charge in [0, 0.05) is 19.8 Å². The third-order valence-corrected chi connectivity index (χ3v) is 2.72. The maximum Gasteiger partial charge on any atom is 0.241 e. The van der Waals surface area contributed by atoms with Crippen molar-refractivity contribution in [2.24, 2.45) is 0 Å². The second kappa shape index (κ2) is 6.05. The smallest absolute Gasteiger partial charge is 0.241 e. The Bertz CT molecular complexity index is 444. The van der Waals surface area contributed by atoms with Gasteiger partial charge in [0.25, 0.3) is 0 Å². The van der Waals surface area contributed by atoms with Gasteiger partial charge in [-0.15, -0.1) is 0 Å². The summed E-state index contributed by atoms with van der Waals surface area (Å²) in [5, 5.41) is 2.61. The Hall–Kier alpha value is -2.04. The van der Waals surface area contributed by atoms with E-state index in [2.05, 4.69) is 5.32 Å². The van der Waals surface area contributed by atoms with Crippen LogP contribution in [0.25, 0.3) is 0 Å². The number of nitrogen functional groups attached to an aromatic ring is 1. The fourth-order valence-corrected chi connectivity index (χ4v) is 1.45. The molecule has 0 saturated carbocycles. The number of hydrogen-bond acceptors (Lipinski definition) is 3. The normalized spacial score (nSPS) is 11.7. The molecule has 1 atom stereocenters. The number of carbonyl (C=O) groups excluding carboxylic acids is 2. The van der Waals surface area contributed by atoms with Gasteiger partial charge in [0.05, 0.1) is 12.5 Å². The van der Waals surface area contributed by atoms with Crippen LogP contribution in [-0.4, -0.2) is 37.4 Å². The Morgan fingerprint density at radius 3 is 2.61 bits per heavy atom. The van der Waals surface area contributed by atoms with Crippen LogP contribution < -0.4 is 11.1 Å². The molecule has 1 aromatic carbocycles. The van der Waals surface area contributed by atoms with Crippen LogP contribution in [-0.2, 0) is 9.59 Å². The Morgan fingerprint density at radius 1 is 1.39 bits per heavy atom. The molecule has 1 rings (SSSR count). The molecule has 0 spiro atoms. The van der Waals surface area contributed by atoms with Crippen molar-refractivity contribution in [1.29, 1.82) is 0 Å². The molecule has 1 unspecified atom stereocenters. The van der Waals surface area contributed by atoms with Gasteiger partial charge in [0.2, 0.25) is 11.8 Å². The molecule has 0 aliphatic carbocycles. The molecule has 1 aromatic rings. The monoisotopic (exact) mass is 249 g/mol. The molecule has 5 heteroatoms. The minimum atomic E-state index is -0.330. The van der Waals surface area contributed by atoms with Crippen LogP contribution in [0.4, 0.5) is 5.69 Å². The lowest BCUT2D eigenvalue weighted by atomic mass is 10.00. The van der Waals surface area contributed by atoms with Gasteiger partial charge >= 0.3 is 0 Å². The van der Waals surface area contributed by atoms with Gasteiger partial charge in [0.15, 0.2) is 0 Å². The first-order chi connectivity index (χ1) is 8.41. The lowest BCUT2D eigenvalue weighted by Gasteiger charge is -2.14. The van der Waals surface area contributed by atoms with Crippen molar-refractivity contribution < 1.29 is 9.59 Å². The molecular weight excluding hydrogens is 230 g/mol. The summed E-state index contributed by atoms with van der Waals surface area (Å²) in [4.78, 5) is 24.6. The number of benzene rings is 1.